The van der Waals surface area contributed by atoms with Crippen molar-refractivity contribution >= 4 is 29.2 Å². The summed E-state index contributed by atoms with van der Waals surface area (Å²) in [4.78, 5) is 22.8. The Kier molecular flexibility index (Phi) is 4.46. The zero-order chi connectivity index (χ0) is 15.6. The Hall–Kier alpha value is -1.69. The van der Waals surface area contributed by atoms with Crippen molar-refractivity contribution in [2.45, 2.75) is 31.6 Å². The van der Waals surface area contributed by atoms with Gasteiger partial charge in [-0.1, -0.05) is 11.6 Å². The molecule has 114 valence electrons. The maximum Gasteiger partial charge on any atom is 0.335 e. The largest absolute Gasteiger partial charge is 0.478 e. The van der Waals surface area contributed by atoms with E-state index >= 15 is 0 Å². The highest BCUT2D eigenvalue weighted by molar-refractivity contribution is 6.34. The van der Waals surface area contributed by atoms with Crippen LogP contribution in [0, 0.1) is 5.92 Å². The number of alkyl halides is 2. The summed E-state index contributed by atoms with van der Waals surface area (Å²) in [6, 6.07) is 3.94. The first-order chi connectivity index (χ1) is 9.78. The van der Waals surface area contributed by atoms with E-state index in [0.29, 0.717) is 0 Å². The molecule has 2 rings (SSSR count). The number of nitrogens with one attached hydrogen (secondary N) is 1. The minimum atomic E-state index is -2.68. The van der Waals surface area contributed by atoms with Gasteiger partial charge in [0.2, 0.25) is 11.8 Å². The Balaban J connectivity index is 2.02. The van der Waals surface area contributed by atoms with Crippen molar-refractivity contribution in [3.8, 4) is 0 Å². The highest BCUT2D eigenvalue weighted by Crippen LogP contribution is 2.36. The average molecular weight is 318 g/mol. The summed E-state index contributed by atoms with van der Waals surface area (Å²) in [6.07, 6.45) is -0.332. The van der Waals surface area contributed by atoms with Crippen molar-refractivity contribution in [2.75, 3.05) is 5.32 Å². The van der Waals surface area contributed by atoms with Crippen molar-refractivity contribution in [3.63, 3.8) is 0 Å². The molecule has 0 bridgehead atoms. The summed E-state index contributed by atoms with van der Waals surface area (Å²) in [5.41, 5.74) is 0.291. The van der Waals surface area contributed by atoms with Gasteiger partial charge < -0.3 is 10.4 Å². The summed E-state index contributed by atoms with van der Waals surface area (Å²) in [5, 5.41) is 11.5. The Morgan fingerprint density at radius 2 is 1.90 bits per heavy atom. The molecule has 1 amide bonds. The van der Waals surface area contributed by atoms with Crippen LogP contribution in [0.1, 0.15) is 36.0 Å². The average Bonchev–Trinajstić information content (AvgIpc) is 2.40. The fourth-order valence-electron chi connectivity index (χ4n) is 2.29. The van der Waals surface area contributed by atoms with Crippen LogP contribution in [0.3, 0.4) is 0 Å². The minimum absolute atomic E-state index is 0.00954. The lowest BCUT2D eigenvalue weighted by molar-refractivity contribution is -0.124. The van der Waals surface area contributed by atoms with Crippen molar-refractivity contribution in [1.82, 2.24) is 0 Å². The molecule has 1 aliphatic carbocycles. The SMILES string of the molecule is O=C(O)c1ccc(NC(=O)C2CCC(F)(F)CC2)c(Cl)c1. The van der Waals surface area contributed by atoms with Gasteiger partial charge in [0, 0.05) is 18.8 Å². The summed E-state index contributed by atoms with van der Waals surface area (Å²) in [6.45, 7) is 0. The van der Waals surface area contributed by atoms with E-state index in [0.717, 1.165) is 0 Å². The van der Waals surface area contributed by atoms with Gasteiger partial charge in [-0.25, -0.2) is 13.6 Å². The van der Waals surface area contributed by atoms with Crippen LogP contribution in [0.4, 0.5) is 14.5 Å². The number of carboxylic acids is 1. The molecular weight excluding hydrogens is 304 g/mol. The zero-order valence-corrected chi connectivity index (χ0v) is 11.8. The molecule has 0 saturated heterocycles. The second kappa shape index (κ2) is 5.97. The van der Waals surface area contributed by atoms with Gasteiger partial charge in [0.15, 0.2) is 0 Å². The summed E-state index contributed by atoms with van der Waals surface area (Å²) < 4.78 is 26.1. The van der Waals surface area contributed by atoms with Gasteiger partial charge in [0.1, 0.15) is 0 Å². The lowest BCUT2D eigenvalue weighted by atomic mass is 9.86. The Labute approximate surface area is 125 Å². The number of carbonyl (C=O) groups excluding carboxylic acids is 1. The number of halogens is 3. The first-order valence-electron chi connectivity index (χ1n) is 6.50. The van der Waals surface area contributed by atoms with Gasteiger partial charge in [-0.3, -0.25) is 4.79 Å². The molecule has 1 saturated carbocycles. The maximum absolute atomic E-state index is 13.0. The molecule has 1 aliphatic rings. The molecule has 0 heterocycles. The normalized spacial score (nSPS) is 18.2. The van der Waals surface area contributed by atoms with Crippen molar-refractivity contribution in [3.05, 3.63) is 28.8 Å². The number of rotatable bonds is 3. The molecule has 0 spiro atoms. The van der Waals surface area contributed by atoms with E-state index in [4.69, 9.17) is 16.7 Å². The fraction of sp³-hybridized carbons (Fsp3) is 0.429. The number of anilines is 1. The third kappa shape index (κ3) is 3.91. The summed E-state index contributed by atoms with van der Waals surface area (Å²) >= 11 is 5.90. The van der Waals surface area contributed by atoms with Crippen molar-refractivity contribution < 1.29 is 23.5 Å². The van der Waals surface area contributed by atoms with E-state index in [1.54, 1.807) is 0 Å². The Morgan fingerprint density at radius 3 is 2.43 bits per heavy atom. The second-order valence-electron chi connectivity index (χ2n) is 5.12. The van der Waals surface area contributed by atoms with Crippen LogP contribution in [0.5, 0.6) is 0 Å². The van der Waals surface area contributed by atoms with Gasteiger partial charge in [-0.15, -0.1) is 0 Å². The van der Waals surface area contributed by atoms with Gasteiger partial charge in [0.25, 0.3) is 0 Å². The van der Waals surface area contributed by atoms with E-state index < -0.39 is 17.8 Å². The minimum Gasteiger partial charge on any atom is -0.478 e. The number of aromatic carboxylic acids is 1. The highest BCUT2D eigenvalue weighted by Gasteiger charge is 2.37. The van der Waals surface area contributed by atoms with Crippen LogP contribution in [0.15, 0.2) is 18.2 Å². The quantitative estimate of drug-likeness (QED) is 0.891. The highest BCUT2D eigenvalue weighted by atomic mass is 35.5. The van der Waals surface area contributed by atoms with Crippen molar-refractivity contribution in [2.24, 2.45) is 5.92 Å². The molecule has 0 radical (unpaired) electrons. The second-order valence-corrected chi connectivity index (χ2v) is 5.53. The van der Waals surface area contributed by atoms with Gasteiger partial charge in [0.05, 0.1) is 16.3 Å². The fourth-order valence-corrected chi connectivity index (χ4v) is 2.51. The summed E-state index contributed by atoms with van der Waals surface area (Å²) in [5.74, 6) is -4.64. The van der Waals surface area contributed by atoms with Crippen LogP contribution >= 0.6 is 11.6 Å². The number of carbonyl (C=O) groups is 2. The summed E-state index contributed by atoms with van der Waals surface area (Å²) in [7, 11) is 0. The third-order valence-electron chi connectivity index (χ3n) is 3.56. The molecule has 0 aliphatic heterocycles. The van der Waals surface area contributed by atoms with Gasteiger partial charge in [-0.05, 0) is 31.0 Å². The monoisotopic (exact) mass is 317 g/mol. The molecule has 2 N–H and O–H groups in total. The van der Waals surface area contributed by atoms with Crippen LogP contribution in [0.25, 0.3) is 0 Å². The molecule has 21 heavy (non-hydrogen) atoms. The zero-order valence-electron chi connectivity index (χ0n) is 11.0. The number of hydrogen-bond donors (Lipinski definition) is 2. The molecule has 1 aromatic carbocycles. The first kappa shape index (κ1) is 15.7. The number of amides is 1. The predicted octanol–water partition coefficient (Wildman–Crippen LogP) is 3.80. The van der Waals surface area contributed by atoms with Gasteiger partial charge in [-0.2, -0.15) is 0 Å². The first-order valence-corrected chi connectivity index (χ1v) is 6.88. The standard InChI is InChI=1S/C14H14ClF2NO3/c15-10-7-9(13(20)21)1-2-11(10)18-12(19)8-3-5-14(16,17)6-4-8/h1-2,7-8H,3-6H2,(H,18,19)(H,20,21). The number of hydrogen-bond acceptors (Lipinski definition) is 2. The Morgan fingerprint density at radius 1 is 1.29 bits per heavy atom. The van der Waals surface area contributed by atoms with Crippen molar-refractivity contribution in [1.29, 1.82) is 0 Å². The van der Waals surface area contributed by atoms with E-state index in [1.165, 1.54) is 18.2 Å². The van der Waals surface area contributed by atoms with Crippen LogP contribution in [-0.2, 0) is 4.79 Å². The molecule has 0 unspecified atom stereocenters. The molecule has 7 heteroatoms. The molecule has 4 nitrogen and oxygen atoms in total. The Bertz CT molecular complexity index is 567. The lowest BCUT2D eigenvalue weighted by Crippen LogP contribution is -2.31. The van der Waals surface area contributed by atoms with E-state index in [9.17, 15) is 18.4 Å². The maximum atomic E-state index is 13.0. The number of carboxylic acid groups (broad SMARTS) is 1. The van der Waals surface area contributed by atoms with Crippen LogP contribution in [0.2, 0.25) is 5.02 Å². The number of benzene rings is 1. The topological polar surface area (TPSA) is 66.4 Å². The molecule has 0 atom stereocenters. The third-order valence-corrected chi connectivity index (χ3v) is 3.87. The van der Waals surface area contributed by atoms with Crippen LogP contribution in [-0.4, -0.2) is 22.9 Å². The van der Waals surface area contributed by atoms with Crippen LogP contribution < -0.4 is 5.32 Å². The van der Waals surface area contributed by atoms with Gasteiger partial charge >= 0.3 is 5.97 Å². The van der Waals surface area contributed by atoms with E-state index in [2.05, 4.69) is 5.32 Å². The van der Waals surface area contributed by atoms with E-state index in [1.807, 2.05) is 0 Å². The molecule has 1 fully saturated rings. The molecular formula is C14H14ClF2NO3. The predicted molar refractivity (Wildman–Crippen MR) is 73.9 cm³/mol. The van der Waals surface area contributed by atoms with E-state index in [-0.39, 0.29) is 47.9 Å². The molecule has 0 aromatic heterocycles. The smallest absolute Gasteiger partial charge is 0.335 e. The lowest BCUT2D eigenvalue weighted by Gasteiger charge is -2.27. The molecule has 1 aromatic rings.